The molecule has 0 aromatic rings. The van der Waals surface area contributed by atoms with Crippen LogP contribution in [0.1, 0.15) is 20.3 Å². The number of rotatable bonds is 0. The van der Waals surface area contributed by atoms with Crippen molar-refractivity contribution in [1.82, 2.24) is 0 Å². The first-order valence-electron chi connectivity index (χ1n) is 3.36. The van der Waals surface area contributed by atoms with E-state index < -0.39 is 0 Å². The largest absolute Gasteiger partial charge is 0.375 e. The van der Waals surface area contributed by atoms with Crippen LogP contribution in [0, 0.1) is 11.8 Å². The van der Waals surface area contributed by atoms with Crippen LogP contribution >= 0.6 is 0 Å². The molecule has 0 spiro atoms. The van der Waals surface area contributed by atoms with Gasteiger partial charge in [0.05, 0.1) is 12.2 Å². The lowest BCUT2D eigenvalue weighted by Gasteiger charge is -2.39. The van der Waals surface area contributed by atoms with E-state index in [4.69, 9.17) is 4.74 Å². The number of hydrogen-bond acceptors (Lipinski definition) is 1. The van der Waals surface area contributed by atoms with Crippen LogP contribution in [-0.2, 0) is 4.74 Å². The van der Waals surface area contributed by atoms with Gasteiger partial charge in [-0.1, -0.05) is 6.92 Å². The van der Waals surface area contributed by atoms with Gasteiger partial charge >= 0.3 is 0 Å². The molecule has 1 aliphatic carbocycles. The average molecular weight is 112 g/mol. The van der Waals surface area contributed by atoms with Crippen molar-refractivity contribution >= 4 is 0 Å². The second-order valence-electron chi connectivity index (χ2n) is 3.38. The Hall–Kier alpha value is -0.0400. The molecular formula is C7H12O. The van der Waals surface area contributed by atoms with E-state index in [2.05, 4.69) is 13.8 Å². The van der Waals surface area contributed by atoms with Crippen molar-refractivity contribution in [2.75, 3.05) is 6.61 Å². The molecule has 2 heterocycles. The van der Waals surface area contributed by atoms with Crippen LogP contribution in [0.3, 0.4) is 0 Å². The summed E-state index contributed by atoms with van der Waals surface area (Å²) in [5.41, 5.74) is 0.296. The summed E-state index contributed by atoms with van der Waals surface area (Å²) in [4.78, 5) is 0. The van der Waals surface area contributed by atoms with Gasteiger partial charge in [-0.05, 0) is 25.2 Å². The van der Waals surface area contributed by atoms with Gasteiger partial charge in [-0.25, -0.2) is 0 Å². The summed E-state index contributed by atoms with van der Waals surface area (Å²) in [6.45, 7) is 5.54. The molecule has 2 aliphatic heterocycles. The van der Waals surface area contributed by atoms with Crippen molar-refractivity contribution in [1.29, 1.82) is 0 Å². The predicted molar refractivity (Wildman–Crippen MR) is 31.6 cm³/mol. The molecular weight excluding hydrogens is 100 g/mol. The third-order valence-electron chi connectivity index (χ3n) is 2.96. The summed E-state index contributed by atoms with van der Waals surface area (Å²) in [5, 5.41) is 0. The molecule has 0 amide bonds. The van der Waals surface area contributed by atoms with E-state index in [0.29, 0.717) is 5.60 Å². The highest BCUT2D eigenvalue weighted by Gasteiger charge is 2.54. The molecule has 3 aliphatic rings. The van der Waals surface area contributed by atoms with Crippen LogP contribution in [0.4, 0.5) is 0 Å². The van der Waals surface area contributed by atoms with E-state index in [0.717, 1.165) is 18.4 Å². The zero-order chi connectivity index (χ0) is 5.78. The fourth-order valence-electron chi connectivity index (χ4n) is 1.91. The molecule has 3 fully saturated rings. The van der Waals surface area contributed by atoms with E-state index in [9.17, 15) is 0 Å². The molecule has 1 nitrogen and oxygen atoms in total. The molecule has 1 saturated carbocycles. The van der Waals surface area contributed by atoms with Crippen LogP contribution in [0.25, 0.3) is 0 Å². The lowest BCUT2D eigenvalue weighted by molar-refractivity contribution is -0.0257. The van der Waals surface area contributed by atoms with E-state index in [1.807, 2.05) is 0 Å². The zero-order valence-corrected chi connectivity index (χ0v) is 5.48. The second kappa shape index (κ2) is 1.10. The van der Waals surface area contributed by atoms with Crippen LogP contribution in [-0.4, -0.2) is 12.2 Å². The summed E-state index contributed by atoms with van der Waals surface area (Å²) in [7, 11) is 0. The SMILES string of the molecule is CC1C2COC1(C)C2. The minimum atomic E-state index is 0.296. The maximum absolute atomic E-state index is 5.53. The molecule has 0 aromatic heterocycles. The minimum absolute atomic E-state index is 0.296. The van der Waals surface area contributed by atoms with E-state index >= 15 is 0 Å². The Bertz CT molecular complexity index is 118. The van der Waals surface area contributed by atoms with Crippen molar-refractivity contribution in [3.8, 4) is 0 Å². The monoisotopic (exact) mass is 112 g/mol. The van der Waals surface area contributed by atoms with Crippen LogP contribution in [0.5, 0.6) is 0 Å². The Balaban J connectivity index is 2.22. The molecule has 0 N–H and O–H groups in total. The molecule has 3 atom stereocenters. The van der Waals surface area contributed by atoms with Gasteiger partial charge in [0.25, 0.3) is 0 Å². The third-order valence-corrected chi connectivity index (χ3v) is 2.96. The lowest BCUT2D eigenvalue weighted by atomic mass is 9.66. The maximum Gasteiger partial charge on any atom is 0.0687 e. The molecule has 3 rings (SSSR count). The van der Waals surface area contributed by atoms with Crippen molar-refractivity contribution in [2.24, 2.45) is 11.8 Å². The maximum atomic E-state index is 5.53. The topological polar surface area (TPSA) is 9.23 Å². The second-order valence-corrected chi connectivity index (χ2v) is 3.38. The molecule has 46 valence electrons. The van der Waals surface area contributed by atoms with Crippen molar-refractivity contribution < 1.29 is 4.74 Å². The molecule has 8 heavy (non-hydrogen) atoms. The van der Waals surface area contributed by atoms with Gasteiger partial charge in [0.1, 0.15) is 0 Å². The minimum Gasteiger partial charge on any atom is -0.375 e. The summed E-state index contributed by atoms with van der Waals surface area (Å²) in [6, 6.07) is 0. The van der Waals surface area contributed by atoms with Gasteiger partial charge in [0.15, 0.2) is 0 Å². The molecule has 2 saturated heterocycles. The molecule has 0 aromatic carbocycles. The zero-order valence-electron chi connectivity index (χ0n) is 5.48. The first-order valence-corrected chi connectivity index (χ1v) is 3.36. The summed E-state index contributed by atoms with van der Waals surface area (Å²) in [6.07, 6.45) is 1.31. The molecule has 2 bridgehead atoms. The molecule has 0 radical (unpaired) electrons. The lowest BCUT2D eigenvalue weighted by Crippen LogP contribution is -2.42. The molecule has 3 unspecified atom stereocenters. The Morgan fingerprint density at radius 1 is 1.62 bits per heavy atom. The fraction of sp³-hybridized carbons (Fsp3) is 1.00. The summed E-state index contributed by atoms with van der Waals surface area (Å²) >= 11 is 0. The first kappa shape index (κ1) is 4.80. The normalized spacial score (nSPS) is 60.8. The van der Waals surface area contributed by atoms with Crippen LogP contribution in [0.2, 0.25) is 0 Å². The van der Waals surface area contributed by atoms with Gasteiger partial charge in [0.2, 0.25) is 0 Å². The highest BCUT2D eigenvalue weighted by atomic mass is 16.5. The van der Waals surface area contributed by atoms with Gasteiger partial charge in [-0.3, -0.25) is 0 Å². The summed E-state index contributed by atoms with van der Waals surface area (Å²) in [5.74, 6) is 1.74. The van der Waals surface area contributed by atoms with E-state index in [-0.39, 0.29) is 0 Å². The predicted octanol–water partition coefficient (Wildman–Crippen LogP) is 1.43. The van der Waals surface area contributed by atoms with Gasteiger partial charge in [-0.15, -0.1) is 0 Å². The smallest absolute Gasteiger partial charge is 0.0687 e. The van der Waals surface area contributed by atoms with Gasteiger partial charge in [-0.2, -0.15) is 0 Å². The van der Waals surface area contributed by atoms with Crippen molar-refractivity contribution in [3.05, 3.63) is 0 Å². The highest BCUT2D eigenvalue weighted by molar-refractivity contribution is 5.03. The number of fused-ring (bicyclic) bond motifs is 1. The van der Waals surface area contributed by atoms with Crippen LogP contribution < -0.4 is 0 Å². The van der Waals surface area contributed by atoms with Crippen molar-refractivity contribution in [3.63, 3.8) is 0 Å². The van der Waals surface area contributed by atoms with Gasteiger partial charge < -0.3 is 4.74 Å². The Labute approximate surface area is 50.0 Å². The standard InChI is InChI=1S/C7H12O/c1-5-6-3-7(5,2)8-4-6/h5-6H,3-4H2,1-2H3. The third kappa shape index (κ3) is 0.334. The van der Waals surface area contributed by atoms with Gasteiger partial charge in [0, 0.05) is 0 Å². The highest BCUT2D eigenvalue weighted by Crippen LogP contribution is 2.52. The van der Waals surface area contributed by atoms with Crippen molar-refractivity contribution in [2.45, 2.75) is 25.9 Å². The number of ether oxygens (including phenoxy) is 1. The Morgan fingerprint density at radius 3 is 2.50 bits per heavy atom. The van der Waals surface area contributed by atoms with E-state index in [1.165, 1.54) is 6.42 Å². The van der Waals surface area contributed by atoms with E-state index in [1.54, 1.807) is 0 Å². The number of hydrogen-bond donors (Lipinski definition) is 0. The molecule has 1 heteroatoms. The van der Waals surface area contributed by atoms with Crippen LogP contribution in [0.15, 0.2) is 0 Å². The summed E-state index contributed by atoms with van der Waals surface area (Å²) < 4.78 is 5.53. The first-order chi connectivity index (χ1) is 3.72. The average Bonchev–Trinajstić information content (AvgIpc) is 2.21. The Morgan fingerprint density at radius 2 is 2.38 bits per heavy atom. The quantitative estimate of drug-likeness (QED) is 0.460. The fourth-order valence-corrected chi connectivity index (χ4v) is 1.91. The Kier molecular flexibility index (Phi) is 0.663.